The number of carbonyl (C=O) groups excluding carboxylic acids is 1. The van der Waals surface area contributed by atoms with E-state index < -0.39 is 0 Å². The third-order valence-electron chi connectivity index (χ3n) is 6.24. The van der Waals surface area contributed by atoms with E-state index in [0.717, 1.165) is 50.2 Å². The number of rotatable bonds is 4. The van der Waals surface area contributed by atoms with E-state index in [2.05, 4.69) is 20.1 Å². The van der Waals surface area contributed by atoms with Crippen LogP contribution in [0.15, 0.2) is 16.8 Å². The number of hydrogen-bond acceptors (Lipinski definition) is 6. The Morgan fingerprint density at radius 3 is 2.52 bits per heavy atom. The summed E-state index contributed by atoms with van der Waals surface area (Å²) in [6.07, 6.45) is 6.07. The first-order valence-electron chi connectivity index (χ1n) is 10.3. The summed E-state index contributed by atoms with van der Waals surface area (Å²) in [5, 5.41) is 8.12. The molecular formula is C20H27N5O2. The van der Waals surface area contributed by atoms with Gasteiger partial charge < -0.3 is 14.7 Å². The standard InChI is InChI=1S/C20H27N5O2/c26-20(24-8-2-1-3-9-24)16-10-17-19(22-27-21-17)18(11-16)25-13-15(14-25)12-23-6-4-5-7-23/h10-11,15H,1-9,12-14H2. The first kappa shape index (κ1) is 17.0. The zero-order valence-corrected chi connectivity index (χ0v) is 15.8. The van der Waals surface area contributed by atoms with Gasteiger partial charge in [0, 0.05) is 44.2 Å². The molecule has 0 spiro atoms. The molecule has 1 amide bonds. The van der Waals surface area contributed by atoms with Gasteiger partial charge in [0.05, 0.1) is 5.69 Å². The topological polar surface area (TPSA) is 65.7 Å². The number of nitrogens with zero attached hydrogens (tertiary/aromatic N) is 5. The second-order valence-corrected chi connectivity index (χ2v) is 8.26. The first-order chi connectivity index (χ1) is 13.3. The molecule has 0 atom stereocenters. The SMILES string of the molecule is O=C(c1cc(N2CC(CN3CCCC3)C2)c2nonc2c1)N1CCCCC1. The van der Waals surface area contributed by atoms with Gasteiger partial charge in [-0.25, -0.2) is 4.63 Å². The molecule has 144 valence electrons. The Morgan fingerprint density at radius 1 is 1.00 bits per heavy atom. The second kappa shape index (κ2) is 7.11. The fourth-order valence-electron chi connectivity index (χ4n) is 4.73. The van der Waals surface area contributed by atoms with Crippen LogP contribution in [0.2, 0.25) is 0 Å². The van der Waals surface area contributed by atoms with Gasteiger partial charge in [-0.1, -0.05) is 0 Å². The maximum atomic E-state index is 13.0. The lowest BCUT2D eigenvalue weighted by Gasteiger charge is -2.42. The van der Waals surface area contributed by atoms with Crippen LogP contribution in [0.25, 0.3) is 11.0 Å². The molecule has 4 heterocycles. The lowest BCUT2D eigenvalue weighted by molar-refractivity contribution is 0.0724. The number of anilines is 1. The van der Waals surface area contributed by atoms with Crippen LogP contribution in [0.5, 0.6) is 0 Å². The van der Waals surface area contributed by atoms with Crippen LogP contribution in [0, 0.1) is 5.92 Å². The molecule has 3 saturated heterocycles. The first-order valence-corrected chi connectivity index (χ1v) is 10.3. The summed E-state index contributed by atoms with van der Waals surface area (Å²) >= 11 is 0. The van der Waals surface area contributed by atoms with E-state index in [4.69, 9.17) is 4.63 Å². The van der Waals surface area contributed by atoms with Crippen LogP contribution in [0.3, 0.4) is 0 Å². The quantitative estimate of drug-likeness (QED) is 0.824. The molecule has 3 aliphatic rings. The average molecular weight is 369 g/mol. The van der Waals surface area contributed by atoms with Crippen molar-refractivity contribution in [3.05, 3.63) is 17.7 Å². The maximum absolute atomic E-state index is 13.0. The summed E-state index contributed by atoms with van der Waals surface area (Å²) in [5.74, 6) is 0.800. The summed E-state index contributed by atoms with van der Waals surface area (Å²) in [7, 11) is 0. The van der Waals surface area contributed by atoms with E-state index in [0.29, 0.717) is 17.0 Å². The van der Waals surface area contributed by atoms with Crippen LogP contribution in [-0.2, 0) is 0 Å². The van der Waals surface area contributed by atoms with E-state index >= 15 is 0 Å². The Kier molecular flexibility index (Phi) is 4.47. The maximum Gasteiger partial charge on any atom is 0.254 e. The minimum atomic E-state index is 0.106. The molecule has 0 unspecified atom stereocenters. The number of likely N-dealkylation sites (tertiary alicyclic amines) is 2. The molecule has 27 heavy (non-hydrogen) atoms. The number of hydrogen-bond donors (Lipinski definition) is 0. The molecule has 7 nitrogen and oxygen atoms in total. The predicted molar refractivity (Wildman–Crippen MR) is 103 cm³/mol. The minimum Gasteiger partial charge on any atom is -0.369 e. The highest BCUT2D eigenvalue weighted by Crippen LogP contribution is 2.33. The average Bonchev–Trinajstić information content (AvgIpc) is 3.35. The van der Waals surface area contributed by atoms with Crippen molar-refractivity contribution in [2.24, 2.45) is 5.92 Å². The molecule has 0 radical (unpaired) electrons. The van der Waals surface area contributed by atoms with Crippen LogP contribution in [-0.4, -0.2) is 71.8 Å². The van der Waals surface area contributed by atoms with Crippen LogP contribution in [0.4, 0.5) is 5.69 Å². The fraction of sp³-hybridized carbons (Fsp3) is 0.650. The van der Waals surface area contributed by atoms with Crippen molar-refractivity contribution in [3.8, 4) is 0 Å². The molecule has 5 rings (SSSR count). The Balaban J connectivity index is 1.34. The number of carbonyl (C=O) groups is 1. The van der Waals surface area contributed by atoms with Crippen molar-refractivity contribution < 1.29 is 9.42 Å². The number of piperidine rings is 1. The van der Waals surface area contributed by atoms with Crippen molar-refractivity contribution in [1.82, 2.24) is 20.1 Å². The van der Waals surface area contributed by atoms with Gasteiger partial charge in [0.2, 0.25) is 0 Å². The van der Waals surface area contributed by atoms with Crippen molar-refractivity contribution >= 4 is 22.6 Å². The van der Waals surface area contributed by atoms with Gasteiger partial charge >= 0.3 is 0 Å². The largest absolute Gasteiger partial charge is 0.369 e. The van der Waals surface area contributed by atoms with Crippen LogP contribution in [0.1, 0.15) is 42.5 Å². The molecule has 0 saturated carbocycles. The summed E-state index contributed by atoms with van der Waals surface area (Å²) in [5.41, 5.74) is 3.14. The molecule has 0 bridgehead atoms. The number of benzene rings is 1. The molecule has 0 N–H and O–H groups in total. The molecule has 3 aliphatic heterocycles. The van der Waals surface area contributed by atoms with Gasteiger partial charge in [0.1, 0.15) is 5.52 Å². The van der Waals surface area contributed by atoms with E-state index in [-0.39, 0.29) is 5.91 Å². The lowest BCUT2D eigenvalue weighted by Crippen LogP contribution is -2.51. The minimum absolute atomic E-state index is 0.106. The van der Waals surface area contributed by atoms with Crippen molar-refractivity contribution in [2.45, 2.75) is 32.1 Å². The highest BCUT2D eigenvalue weighted by atomic mass is 16.6. The van der Waals surface area contributed by atoms with E-state index in [1.165, 1.54) is 38.9 Å². The third-order valence-corrected chi connectivity index (χ3v) is 6.24. The Morgan fingerprint density at radius 2 is 1.74 bits per heavy atom. The van der Waals surface area contributed by atoms with Gasteiger partial charge in [0.25, 0.3) is 5.91 Å². The molecule has 3 fully saturated rings. The summed E-state index contributed by atoms with van der Waals surface area (Å²) in [4.78, 5) is 19.8. The molecule has 0 aliphatic carbocycles. The number of amides is 1. The monoisotopic (exact) mass is 369 g/mol. The molecular weight excluding hydrogens is 342 g/mol. The summed E-state index contributed by atoms with van der Waals surface area (Å²) in [6.45, 7) is 7.40. The molecule has 2 aromatic rings. The van der Waals surface area contributed by atoms with Crippen LogP contribution < -0.4 is 4.90 Å². The van der Waals surface area contributed by atoms with Gasteiger partial charge in [-0.2, -0.15) is 0 Å². The van der Waals surface area contributed by atoms with Crippen molar-refractivity contribution in [2.75, 3.05) is 50.7 Å². The number of fused-ring (bicyclic) bond motifs is 1. The normalized spacial score (nSPS) is 21.8. The molecule has 1 aromatic carbocycles. The smallest absolute Gasteiger partial charge is 0.254 e. The van der Waals surface area contributed by atoms with E-state index in [1.54, 1.807) is 0 Å². The lowest BCUT2D eigenvalue weighted by atomic mass is 9.97. The van der Waals surface area contributed by atoms with Crippen molar-refractivity contribution in [1.29, 1.82) is 0 Å². The fourth-order valence-corrected chi connectivity index (χ4v) is 4.73. The summed E-state index contributed by atoms with van der Waals surface area (Å²) in [6, 6.07) is 3.82. The molecule has 7 heteroatoms. The van der Waals surface area contributed by atoms with Crippen LogP contribution >= 0.6 is 0 Å². The predicted octanol–water partition coefficient (Wildman–Crippen LogP) is 2.38. The van der Waals surface area contributed by atoms with Gasteiger partial charge in [-0.15, -0.1) is 0 Å². The van der Waals surface area contributed by atoms with Gasteiger partial charge in [-0.3, -0.25) is 4.79 Å². The summed E-state index contributed by atoms with van der Waals surface area (Å²) < 4.78 is 4.98. The number of aromatic nitrogens is 2. The Hall–Kier alpha value is -2.15. The van der Waals surface area contributed by atoms with E-state index in [1.807, 2.05) is 17.0 Å². The van der Waals surface area contributed by atoms with Gasteiger partial charge in [-0.05, 0) is 67.6 Å². The Bertz CT molecular complexity index is 817. The zero-order valence-electron chi connectivity index (χ0n) is 15.8. The zero-order chi connectivity index (χ0) is 18.2. The highest BCUT2D eigenvalue weighted by molar-refractivity contribution is 6.01. The molecule has 1 aromatic heterocycles. The Labute approximate surface area is 159 Å². The van der Waals surface area contributed by atoms with E-state index in [9.17, 15) is 4.79 Å². The highest BCUT2D eigenvalue weighted by Gasteiger charge is 2.32. The third kappa shape index (κ3) is 3.29. The van der Waals surface area contributed by atoms with Crippen molar-refractivity contribution in [3.63, 3.8) is 0 Å². The second-order valence-electron chi connectivity index (χ2n) is 8.26. The van der Waals surface area contributed by atoms with Gasteiger partial charge in [0.15, 0.2) is 5.52 Å².